The predicted octanol–water partition coefficient (Wildman–Crippen LogP) is 3.50. The number of benzene rings is 1. The molecule has 0 saturated carbocycles. The van der Waals surface area contributed by atoms with E-state index in [4.69, 9.17) is 23.2 Å². The Hall–Kier alpha value is -1.93. The number of anilines is 1. The second-order valence-corrected chi connectivity index (χ2v) is 5.06. The van der Waals surface area contributed by atoms with Gasteiger partial charge in [-0.2, -0.15) is 18.3 Å². The number of alkyl halides is 3. The lowest BCUT2D eigenvalue weighted by Gasteiger charge is -2.09. The molecule has 118 valence electrons. The Balaban J connectivity index is 2.09. The average Bonchev–Trinajstić information content (AvgIpc) is 2.82. The van der Waals surface area contributed by atoms with Gasteiger partial charge in [0.25, 0.3) is 5.91 Å². The van der Waals surface area contributed by atoms with Crippen molar-refractivity contribution in [3.8, 4) is 0 Å². The van der Waals surface area contributed by atoms with E-state index in [0.717, 1.165) is 4.68 Å². The number of rotatable bonds is 3. The van der Waals surface area contributed by atoms with Gasteiger partial charge in [0.1, 0.15) is 5.69 Å². The Morgan fingerprint density at radius 3 is 2.45 bits per heavy atom. The zero-order valence-electron chi connectivity index (χ0n) is 11.0. The molecule has 0 atom stereocenters. The van der Waals surface area contributed by atoms with Crippen LogP contribution in [0.1, 0.15) is 16.2 Å². The van der Waals surface area contributed by atoms with Crippen molar-refractivity contribution in [1.29, 1.82) is 0 Å². The molecule has 1 aromatic heterocycles. The van der Waals surface area contributed by atoms with Gasteiger partial charge in [0.05, 0.1) is 15.7 Å². The Morgan fingerprint density at radius 1 is 1.23 bits per heavy atom. The highest BCUT2D eigenvalue weighted by molar-refractivity contribution is 6.42. The Bertz CT molecular complexity index is 715. The van der Waals surface area contributed by atoms with E-state index in [1.54, 1.807) is 6.07 Å². The van der Waals surface area contributed by atoms with Crippen molar-refractivity contribution < 1.29 is 18.0 Å². The van der Waals surface area contributed by atoms with Crippen LogP contribution in [-0.2, 0) is 13.2 Å². The lowest BCUT2D eigenvalue weighted by molar-refractivity contribution is -0.141. The molecule has 2 aromatic rings. The number of aromatic nitrogens is 2. The first-order chi connectivity index (χ1) is 10.2. The summed E-state index contributed by atoms with van der Waals surface area (Å²) in [4.78, 5) is 11.9. The van der Waals surface area contributed by atoms with Crippen molar-refractivity contribution >= 4 is 34.8 Å². The minimum absolute atomic E-state index is 0.250. The third-order valence-corrected chi connectivity index (χ3v) is 3.38. The summed E-state index contributed by atoms with van der Waals surface area (Å²) in [5, 5.41) is 3.85. The van der Waals surface area contributed by atoms with Gasteiger partial charge in [0, 0.05) is 13.1 Å². The molecule has 0 saturated heterocycles. The van der Waals surface area contributed by atoms with E-state index in [9.17, 15) is 18.0 Å². The fourth-order valence-corrected chi connectivity index (χ4v) is 1.88. The van der Waals surface area contributed by atoms with Gasteiger partial charge in [-0.05, 0) is 18.2 Å². The van der Waals surface area contributed by atoms with Gasteiger partial charge < -0.3 is 0 Å². The van der Waals surface area contributed by atoms with E-state index in [-0.39, 0.29) is 10.7 Å². The van der Waals surface area contributed by atoms with Gasteiger partial charge in [0.15, 0.2) is 5.69 Å². The highest BCUT2D eigenvalue weighted by Crippen LogP contribution is 2.28. The number of aryl methyl sites for hydroxylation is 1. The van der Waals surface area contributed by atoms with E-state index in [2.05, 4.69) is 16.0 Å². The second-order valence-electron chi connectivity index (χ2n) is 4.24. The molecule has 1 aromatic carbocycles. The van der Waals surface area contributed by atoms with Crippen LogP contribution in [-0.4, -0.2) is 15.7 Å². The summed E-state index contributed by atoms with van der Waals surface area (Å²) >= 11 is 11.5. The number of hydrazine groups is 1. The lowest BCUT2D eigenvalue weighted by Crippen LogP contribution is -2.30. The van der Waals surface area contributed by atoms with E-state index < -0.39 is 17.8 Å². The second kappa shape index (κ2) is 6.05. The normalized spacial score (nSPS) is 11.4. The van der Waals surface area contributed by atoms with Crippen LogP contribution in [0.3, 0.4) is 0 Å². The molecule has 0 bridgehead atoms. The molecule has 22 heavy (non-hydrogen) atoms. The predicted molar refractivity (Wildman–Crippen MR) is 75.8 cm³/mol. The van der Waals surface area contributed by atoms with Crippen LogP contribution in [0.15, 0.2) is 24.3 Å². The molecule has 2 N–H and O–H groups in total. The maximum atomic E-state index is 12.5. The van der Waals surface area contributed by atoms with Crippen molar-refractivity contribution in [3.63, 3.8) is 0 Å². The van der Waals surface area contributed by atoms with Gasteiger partial charge in [-0.15, -0.1) is 0 Å². The standard InChI is InChI=1S/C12H9Cl2F3N4O/c1-21-9(5-10(20-21)12(15,16)17)11(22)19-18-6-2-3-7(13)8(14)4-6/h2-5,18H,1H3,(H,19,22). The van der Waals surface area contributed by atoms with Crippen molar-refractivity contribution in [2.45, 2.75) is 6.18 Å². The first-order valence-corrected chi connectivity index (χ1v) is 6.56. The third kappa shape index (κ3) is 3.63. The molecule has 2 rings (SSSR count). The minimum Gasteiger partial charge on any atom is -0.298 e. The summed E-state index contributed by atoms with van der Waals surface area (Å²) in [5.41, 5.74) is 3.79. The molecule has 1 amide bonds. The topological polar surface area (TPSA) is 59.0 Å². The summed E-state index contributed by atoms with van der Waals surface area (Å²) in [7, 11) is 1.24. The lowest BCUT2D eigenvalue weighted by atomic mass is 10.3. The number of hydrogen-bond donors (Lipinski definition) is 2. The molecule has 5 nitrogen and oxygen atoms in total. The first-order valence-electron chi connectivity index (χ1n) is 5.81. The molecule has 1 heterocycles. The largest absolute Gasteiger partial charge is 0.435 e. The smallest absolute Gasteiger partial charge is 0.298 e. The Labute approximate surface area is 133 Å². The molecule has 0 unspecified atom stereocenters. The quantitative estimate of drug-likeness (QED) is 0.831. The van der Waals surface area contributed by atoms with Gasteiger partial charge in [0.2, 0.25) is 0 Å². The van der Waals surface area contributed by atoms with Crippen molar-refractivity contribution in [2.24, 2.45) is 7.05 Å². The summed E-state index contributed by atoms with van der Waals surface area (Å²) in [6.45, 7) is 0. The van der Waals surface area contributed by atoms with E-state index >= 15 is 0 Å². The number of halogens is 5. The number of amides is 1. The molecular weight excluding hydrogens is 344 g/mol. The zero-order chi connectivity index (χ0) is 16.5. The minimum atomic E-state index is -4.62. The van der Waals surface area contributed by atoms with Crippen LogP contribution in [0, 0.1) is 0 Å². The molecule has 10 heteroatoms. The molecule has 0 fully saturated rings. The van der Waals surface area contributed by atoms with Crippen LogP contribution in [0.25, 0.3) is 0 Å². The SMILES string of the molecule is Cn1nc(C(F)(F)F)cc1C(=O)NNc1ccc(Cl)c(Cl)c1. The van der Waals surface area contributed by atoms with Gasteiger partial charge >= 0.3 is 6.18 Å². The fourth-order valence-electron chi connectivity index (χ4n) is 1.59. The number of carbonyl (C=O) groups excluding carboxylic acids is 1. The van der Waals surface area contributed by atoms with Crippen molar-refractivity contribution in [1.82, 2.24) is 15.2 Å². The van der Waals surface area contributed by atoms with E-state index in [0.29, 0.717) is 16.8 Å². The summed E-state index contributed by atoms with van der Waals surface area (Å²) < 4.78 is 38.4. The monoisotopic (exact) mass is 352 g/mol. The zero-order valence-corrected chi connectivity index (χ0v) is 12.5. The average molecular weight is 353 g/mol. The number of hydrogen-bond acceptors (Lipinski definition) is 3. The highest BCUT2D eigenvalue weighted by Gasteiger charge is 2.35. The van der Waals surface area contributed by atoms with Gasteiger partial charge in [-0.3, -0.25) is 20.3 Å². The van der Waals surface area contributed by atoms with Crippen LogP contribution >= 0.6 is 23.2 Å². The van der Waals surface area contributed by atoms with Gasteiger partial charge in [-0.1, -0.05) is 23.2 Å². The maximum Gasteiger partial charge on any atom is 0.435 e. The molecule has 0 spiro atoms. The Kier molecular flexibility index (Phi) is 4.52. The number of nitrogens with zero attached hydrogens (tertiary/aromatic N) is 2. The van der Waals surface area contributed by atoms with E-state index in [1.165, 1.54) is 19.2 Å². The highest BCUT2D eigenvalue weighted by atomic mass is 35.5. The van der Waals surface area contributed by atoms with Crippen molar-refractivity contribution in [2.75, 3.05) is 5.43 Å². The molecule has 0 aliphatic carbocycles. The third-order valence-electron chi connectivity index (χ3n) is 2.64. The molecule has 0 aliphatic rings. The fraction of sp³-hybridized carbons (Fsp3) is 0.167. The maximum absolute atomic E-state index is 12.5. The molecule has 0 radical (unpaired) electrons. The summed E-state index contributed by atoms with van der Waals surface area (Å²) in [5.74, 6) is -0.781. The number of nitrogens with one attached hydrogen (secondary N) is 2. The van der Waals surface area contributed by atoms with Crippen LogP contribution in [0.5, 0.6) is 0 Å². The number of carbonyl (C=O) groups is 1. The summed E-state index contributed by atoms with van der Waals surface area (Å²) in [6.07, 6.45) is -4.62. The van der Waals surface area contributed by atoms with Crippen molar-refractivity contribution in [3.05, 3.63) is 45.7 Å². The Morgan fingerprint density at radius 2 is 1.91 bits per heavy atom. The van der Waals surface area contributed by atoms with Gasteiger partial charge in [-0.25, -0.2) is 0 Å². The van der Waals surface area contributed by atoms with Crippen LogP contribution in [0.4, 0.5) is 18.9 Å². The van der Waals surface area contributed by atoms with Crippen LogP contribution < -0.4 is 10.9 Å². The first kappa shape index (κ1) is 16.4. The van der Waals surface area contributed by atoms with Crippen LogP contribution in [0.2, 0.25) is 10.0 Å². The molecular formula is C12H9Cl2F3N4O. The molecule has 0 aliphatic heterocycles. The van der Waals surface area contributed by atoms with E-state index in [1.807, 2.05) is 0 Å². The summed E-state index contributed by atoms with van der Waals surface area (Å²) in [6, 6.07) is 5.16.